The normalized spacial score (nSPS) is 12.0. The molecule has 0 saturated heterocycles. The molecule has 0 bridgehead atoms. The zero-order chi connectivity index (χ0) is 20.9. The number of nitrogens with one attached hydrogen (secondary N) is 1. The predicted octanol–water partition coefficient (Wildman–Crippen LogP) is 6.45. The molecule has 0 unspecified atom stereocenters. The van der Waals surface area contributed by atoms with E-state index in [9.17, 15) is 18.0 Å². The number of ether oxygens (including phenoxy) is 1. The third kappa shape index (κ3) is 6.44. The molecular formula is C21H23ClF3NO2. The fourth-order valence-corrected chi connectivity index (χ4v) is 2.65. The zero-order valence-corrected chi connectivity index (χ0v) is 16.7. The summed E-state index contributed by atoms with van der Waals surface area (Å²) in [5.74, 6) is 0.280. The molecule has 1 amide bonds. The molecule has 0 atom stereocenters. The highest BCUT2D eigenvalue weighted by Crippen LogP contribution is 2.33. The monoisotopic (exact) mass is 413 g/mol. The topological polar surface area (TPSA) is 38.3 Å². The van der Waals surface area contributed by atoms with Crippen LogP contribution in [0.2, 0.25) is 5.02 Å². The van der Waals surface area contributed by atoms with Gasteiger partial charge in [0.25, 0.3) is 0 Å². The highest BCUT2D eigenvalue weighted by molar-refractivity contribution is 6.33. The first-order chi connectivity index (χ1) is 13.0. The van der Waals surface area contributed by atoms with Gasteiger partial charge in [-0.25, -0.2) is 0 Å². The summed E-state index contributed by atoms with van der Waals surface area (Å²) in [4.78, 5) is 12.0. The van der Waals surface area contributed by atoms with Gasteiger partial charge >= 0.3 is 6.18 Å². The Balaban J connectivity index is 1.82. The van der Waals surface area contributed by atoms with E-state index in [2.05, 4.69) is 26.1 Å². The second-order valence-electron chi connectivity index (χ2n) is 7.47. The second-order valence-corrected chi connectivity index (χ2v) is 7.87. The maximum atomic E-state index is 12.8. The summed E-state index contributed by atoms with van der Waals surface area (Å²) in [5, 5.41) is 2.47. The van der Waals surface area contributed by atoms with Crippen molar-refractivity contribution in [3.05, 3.63) is 58.6 Å². The Hall–Kier alpha value is -2.21. The molecule has 2 rings (SSSR count). The van der Waals surface area contributed by atoms with Gasteiger partial charge < -0.3 is 10.1 Å². The number of benzene rings is 2. The Morgan fingerprint density at radius 1 is 1.04 bits per heavy atom. The minimum atomic E-state index is -4.50. The molecule has 0 aliphatic rings. The molecule has 3 nitrogen and oxygen atoms in total. The molecule has 7 heteroatoms. The highest BCUT2D eigenvalue weighted by Gasteiger charge is 2.31. The smallest absolute Gasteiger partial charge is 0.416 e. The Morgan fingerprint density at radius 3 is 2.21 bits per heavy atom. The first-order valence-corrected chi connectivity index (χ1v) is 9.24. The minimum Gasteiger partial charge on any atom is -0.494 e. The summed E-state index contributed by atoms with van der Waals surface area (Å²) in [5.41, 5.74) is 0.327. The summed E-state index contributed by atoms with van der Waals surface area (Å²) < 4.78 is 43.9. The molecule has 152 valence electrons. The molecular weight excluding hydrogens is 391 g/mol. The lowest BCUT2D eigenvalue weighted by Gasteiger charge is -2.19. The SMILES string of the molecule is CC(C)(C)c1ccc(OCCCC(=O)Nc2cc(C(F)(F)F)ccc2Cl)cc1. The predicted molar refractivity (Wildman–Crippen MR) is 105 cm³/mol. The van der Waals surface area contributed by atoms with E-state index in [1.165, 1.54) is 5.56 Å². The molecule has 0 aliphatic heterocycles. The Morgan fingerprint density at radius 2 is 1.64 bits per heavy atom. The van der Waals surface area contributed by atoms with Crippen LogP contribution in [-0.2, 0) is 16.4 Å². The van der Waals surface area contributed by atoms with Crippen molar-refractivity contribution in [2.75, 3.05) is 11.9 Å². The fraction of sp³-hybridized carbons (Fsp3) is 0.381. The molecule has 0 fully saturated rings. The summed E-state index contributed by atoms with van der Waals surface area (Å²) in [6.07, 6.45) is -3.98. The van der Waals surface area contributed by atoms with Crippen LogP contribution in [0.25, 0.3) is 0 Å². The molecule has 2 aromatic rings. The van der Waals surface area contributed by atoms with Crippen LogP contribution in [0.4, 0.5) is 18.9 Å². The quantitative estimate of drug-likeness (QED) is 0.552. The number of hydrogen-bond acceptors (Lipinski definition) is 2. The lowest BCUT2D eigenvalue weighted by atomic mass is 9.87. The molecule has 28 heavy (non-hydrogen) atoms. The van der Waals surface area contributed by atoms with Gasteiger partial charge in [-0.1, -0.05) is 44.5 Å². The zero-order valence-electron chi connectivity index (χ0n) is 16.0. The molecule has 0 aromatic heterocycles. The number of halogens is 4. The molecule has 0 radical (unpaired) electrons. The van der Waals surface area contributed by atoms with Crippen LogP contribution in [-0.4, -0.2) is 12.5 Å². The average Bonchev–Trinajstić information content (AvgIpc) is 2.59. The van der Waals surface area contributed by atoms with E-state index in [0.717, 1.165) is 18.2 Å². The van der Waals surface area contributed by atoms with Gasteiger partial charge in [0.15, 0.2) is 0 Å². The minimum absolute atomic E-state index is 0.0524. The standard InChI is InChI=1S/C21H23ClF3NO2/c1-20(2,3)14-6-9-16(10-7-14)28-12-4-5-19(27)26-18-13-15(21(23,24)25)8-11-17(18)22/h6-11,13H,4-5,12H2,1-3H3,(H,26,27). The van der Waals surface area contributed by atoms with Crippen LogP contribution in [0.15, 0.2) is 42.5 Å². The van der Waals surface area contributed by atoms with E-state index >= 15 is 0 Å². The molecule has 0 spiro atoms. The fourth-order valence-electron chi connectivity index (χ4n) is 2.48. The van der Waals surface area contributed by atoms with Crippen molar-refractivity contribution >= 4 is 23.2 Å². The number of alkyl halides is 3. The van der Waals surface area contributed by atoms with Gasteiger partial charge in [-0.15, -0.1) is 0 Å². The van der Waals surface area contributed by atoms with Gasteiger partial charge in [0.2, 0.25) is 5.91 Å². The van der Waals surface area contributed by atoms with Gasteiger partial charge in [-0.2, -0.15) is 13.2 Å². The van der Waals surface area contributed by atoms with Crippen LogP contribution in [0.5, 0.6) is 5.75 Å². The molecule has 1 N–H and O–H groups in total. The third-order valence-corrected chi connectivity index (χ3v) is 4.43. The van der Waals surface area contributed by atoms with E-state index in [4.69, 9.17) is 16.3 Å². The van der Waals surface area contributed by atoms with Crippen molar-refractivity contribution in [2.45, 2.75) is 45.2 Å². The van der Waals surface area contributed by atoms with Crippen molar-refractivity contribution in [3.63, 3.8) is 0 Å². The number of carbonyl (C=O) groups excluding carboxylic acids is 1. The van der Waals surface area contributed by atoms with Crippen molar-refractivity contribution in [2.24, 2.45) is 0 Å². The van der Waals surface area contributed by atoms with Crippen molar-refractivity contribution in [3.8, 4) is 5.75 Å². The maximum Gasteiger partial charge on any atom is 0.416 e. The number of hydrogen-bond donors (Lipinski definition) is 1. The van der Waals surface area contributed by atoms with Gasteiger partial charge in [0, 0.05) is 6.42 Å². The molecule has 0 saturated carbocycles. The van der Waals surface area contributed by atoms with Gasteiger partial charge in [-0.05, 0) is 47.7 Å². The van der Waals surface area contributed by atoms with Crippen LogP contribution in [0.1, 0.15) is 44.7 Å². The van der Waals surface area contributed by atoms with Crippen LogP contribution in [0.3, 0.4) is 0 Å². The van der Waals surface area contributed by atoms with Crippen molar-refractivity contribution in [1.29, 1.82) is 0 Å². The van der Waals surface area contributed by atoms with E-state index < -0.39 is 17.6 Å². The molecule has 0 aliphatic carbocycles. The van der Waals surface area contributed by atoms with Crippen LogP contribution in [0, 0.1) is 0 Å². The van der Waals surface area contributed by atoms with E-state index in [1.807, 2.05) is 24.3 Å². The average molecular weight is 414 g/mol. The molecule has 2 aromatic carbocycles. The van der Waals surface area contributed by atoms with Gasteiger partial charge in [0.05, 0.1) is 22.9 Å². The lowest BCUT2D eigenvalue weighted by molar-refractivity contribution is -0.137. The number of anilines is 1. The van der Waals surface area contributed by atoms with Crippen molar-refractivity contribution in [1.82, 2.24) is 0 Å². The summed E-state index contributed by atoms with van der Waals surface area (Å²) in [6.45, 7) is 6.69. The summed E-state index contributed by atoms with van der Waals surface area (Å²) >= 11 is 5.87. The van der Waals surface area contributed by atoms with Crippen LogP contribution >= 0.6 is 11.6 Å². The van der Waals surface area contributed by atoms with Gasteiger partial charge in [0.1, 0.15) is 5.75 Å². The van der Waals surface area contributed by atoms with E-state index in [0.29, 0.717) is 18.8 Å². The third-order valence-electron chi connectivity index (χ3n) is 4.11. The van der Waals surface area contributed by atoms with Crippen LogP contribution < -0.4 is 10.1 Å². The van der Waals surface area contributed by atoms with Gasteiger partial charge in [-0.3, -0.25) is 4.79 Å². The number of rotatable bonds is 6. The Labute approximate surface area is 167 Å². The van der Waals surface area contributed by atoms with Crippen molar-refractivity contribution < 1.29 is 22.7 Å². The number of carbonyl (C=O) groups is 1. The maximum absolute atomic E-state index is 12.8. The highest BCUT2D eigenvalue weighted by atomic mass is 35.5. The summed E-state index contributed by atoms with van der Waals surface area (Å²) in [6, 6.07) is 10.6. The lowest BCUT2D eigenvalue weighted by Crippen LogP contribution is -2.14. The second kappa shape index (κ2) is 8.86. The number of amides is 1. The Bertz CT molecular complexity index is 812. The first-order valence-electron chi connectivity index (χ1n) is 8.87. The first kappa shape index (κ1) is 22.1. The Kier molecular flexibility index (Phi) is 6.99. The summed E-state index contributed by atoms with van der Waals surface area (Å²) in [7, 11) is 0. The van der Waals surface area contributed by atoms with E-state index in [-0.39, 0.29) is 22.5 Å². The van der Waals surface area contributed by atoms with E-state index in [1.54, 1.807) is 0 Å². The molecule has 0 heterocycles. The largest absolute Gasteiger partial charge is 0.494 e.